The average molecular weight is 334 g/mol. The molecule has 1 aliphatic heterocycles. The fourth-order valence-corrected chi connectivity index (χ4v) is 3.54. The first-order valence-electron chi connectivity index (χ1n) is 9.13. The fourth-order valence-electron chi connectivity index (χ4n) is 3.54. The normalized spacial score (nSPS) is 25.1. The van der Waals surface area contributed by atoms with Crippen molar-refractivity contribution in [1.82, 2.24) is 9.80 Å². The second-order valence-electron chi connectivity index (χ2n) is 8.09. The predicted molar refractivity (Wildman–Crippen MR) is 92.9 cm³/mol. The van der Waals surface area contributed by atoms with Gasteiger partial charge in [-0.05, 0) is 38.3 Å². The van der Waals surface area contributed by atoms with E-state index < -0.39 is 5.60 Å². The molecule has 1 aromatic heterocycles. The van der Waals surface area contributed by atoms with Crippen LogP contribution in [-0.2, 0) is 11.2 Å². The van der Waals surface area contributed by atoms with Crippen LogP contribution in [0.15, 0.2) is 16.5 Å². The van der Waals surface area contributed by atoms with Crippen molar-refractivity contribution in [2.24, 2.45) is 5.92 Å². The van der Waals surface area contributed by atoms with Crippen molar-refractivity contribution in [2.75, 3.05) is 32.7 Å². The Hall–Kier alpha value is -1.33. The average Bonchev–Trinajstić information content (AvgIpc) is 3.06. The second-order valence-corrected chi connectivity index (χ2v) is 8.09. The van der Waals surface area contributed by atoms with Gasteiger partial charge in [-0.15, -0.1) is 0 Å². The summed E-state index contributed by atoms with van der Waals surface area (Å²) in [5.41, 5.74) is -0.678. The van der Waals surface area contributed by atoms with E-state index >= 15 is 0 Å². The first-order valence-corrected chi connectivity index (χ1v) is 9.13. The smallest absolute Gasteiger partial charge is 0.223 e. The molecule has 2 unspecified atom stereocenters. The highest BCUT2D eigenvalue weighted by atomic mass is 16.3. The number of nitrogens with zero attached hydrogens (tertiary/aromatic N) is 2. The van der Waals surface area contributed by atoms with Crippen LogP contribution in [0.4, 0.5) is 0 Å². The number of furan rings is 1. The van der Waals surface area contributed by atoms with Crippen molar-refractivity contribution in [3.63, 3.8) is 0 Å². The lowest BCUT2D eigenvalue weighted by Crippen LogP contribution is -2.52. The Labute approximate surface area is 144 Å². The molecule has 1 aliphatic carbocycles. The quantitative estimate of drug-likeness (QED) is 0.867. The van der Waals surface area contributed by atoms with Crippen LogP contribution in [0.1, 0.15) is 51.1 Å². The van der Waals surface area contributed by atoms with Crippen molar-refractivity contribution in [3.05, 3.63) is 23.7 Å². The Morgan fingerprint density at radius 3 is 2.54 bits per heavy atom. The van der Waals surface area contributed by atoms with Crippen LogP contribution in [0.2, 0.25) is 0 Å². The standard InChI is InChI=1S/C19H30N2O3/c1-14-12-16(14)17-6-4-15(24-17)5-7-18(22)21-10-8-20(9-11-21)13-19(2,3)23/h4,6,14,16,23H,5,7-13H2,1-3H3. The van der Waals surface area contributed by atoms with Gasteiger partial charge >= 0.3 is 0 Å². The van der Waals surface area contributed by atoms with Gasteiger partial charge < -0.3 is 14.4 Å². The number of β-amino-alcohol motifs (C(OH)–C–C–N with tert-alkyl or cyclic N) is 1. The van der Waals surface area contributed by atoms with Gasteiger partial charge in [0.05, 0.1) is 5.60 Å². The molecular weight excluding hydrogens is 304 g/mol. The molecule has 2 atom stereocenters. The zero-order valence-corrected chi connectivity index (χ0v) is 15.1. The highest BCUT2D eigenvalue weighted by Crippen LogP contribution is 2.47. The zero-order chi connectivity index (χ0) is 17.3. The molecule has 1 saturated heterocycles. The molecule has 2 heterocycles. The van der Waals surface area contributed by atoms with Gasteiger partial charge in [0.1, 0.15) is 11.5 Å². The third-order valence-electron chi connectivity index (χ3n) is 5.08. The molecule has 5 heteroatoms. The fraction of sp³-hybridized carbons (Fsp3) is 0.737. The molecule has 0 aromatic carbocycles. The number of hydrogen-bond acceptors (Lipinski definition) is 4. The molecular formula is C19H30N2O3. The van der Waals surface area contributed by atoms with Crippen LogP contribution < -0.4 is 0 Å². The Balaban J connectivity index is 1.40. The number of rotatable bonds is 6. The van der Waals surface area contributed by atoms with Gasteiger partial charge in [-0.1, -0.05) is 6.92 Å². The minimum Gasteiger partial charge on any atom is -0.466 e. The number of carbonyl (C=O) groups is 1. The lowest BCUT2D eigenvalue weighted by atomic mass is 10.1. The summed E-state index contributed by atoms with van der Waals surface area (Å²) in [4.78, 5) is 16.5. The minimum atomic E-state index is -0.678. The third kappa shape index (κ3) is 4.61. The minimum absolute atomic E-state index is 0.204. The van der Waals surface area contributed by atoms with Crippen molar-refractivity contribution in [2.45, 2.75) is 51.6 Å². The van der Waals surface area contributed by atoms with E-state index in [1.165, 1.54) is 6.42 Å². The molecule has 0 bridgehead atoms. The lowest BCUT2D eigenvalue weighted by Gasteiger charge is -2.37. The summed E-state index contributed by atoms with van der Waals surface area (Å²) in [5, 5.41) is 9.88. The predicted octanol–water partition coefficient (Wildman–Crippen LogP) is 2.25. The molecule has 134 valence electrons. The van der Waals surface area contributed by atoms with Gasteiger partial charge in [0, 0.05) is 51.5 Å². The van der Waals surface area contributed by atoms with Crippen LogP contribution in [0.5, 0.6) is 0 Å². The summed E-state index contributed by atoms with van der Waals surface area (Å²) < 4.78 is 5.88. The summed E-state index contributed by atoms with van der Waals surface area (Å²) in [5.74, 6) is 3.56. The molecule has 2 aliphatic rings. The first-order chi connectivity index (χ1) is 11.3. The first kappa shape index (κ1) is 17.5. The number of aliphatic hydroxyl groups is 1. The van der Waals surface area contributed by atoms with E-state index in [9.17, 15) is 9.90 Å². The summed E-state index contributed by atoms with van der Waals surface area (Å²) in [6.07, 6.45) is 2.42. The van der Waals surface area contributed by atoms with Crippen molar-refractivity contribution >= 4 is 5.91 Å². The van der Waals surface area contributed by atoms with Crippen molar-refractivity contribution in [3.8, 4) is 0 Å². The third-order valence-corrected chi connectivity index (χ3v) is 5.08. The number of piperazine rings is 1. The summed E-state index contributed by atoms with van der Waals surface area (Å²) in [7, 11) is 0. The van der Waals surface area contributed by atoms with Crippen LogP contribution in [0, 0.1) is 5.92 Å². The van der Waals surface area contributed by atoms with Crippen LogP contribution in [-0.4, -0.2) is 59.1 Å². The van der Waals surface area contributed by atoms with E-state index in [1.807, 2.05) is 24.8 Å². The van der Waals surface area contributed by atoms with E-state index in [0.29, 0.717) is 25.3 Å². The van der Waals surface area contributed by atoms with Crippen molar-refractivity contribution in [1.29, 1.82) is 0 Å². The molecule has 1 amide bonds. The largest absolute Gasteiger partial charge is 0.466 e. The summed E-state index contributed by atoms with van der Waals surface area (Å²) in [6, 6.07) is 4.10. The van der Waals surface area contributed by atoms with Gasteiger partial charge in [-0.3, -0.25) is 9.69 Å². The maximum atomic E-state index is 12.4. The number of aryl methyl sites for hydroxylation is 1. The maximum Gasteiger partial charge on any atom is 0.223 e. The summed E-state index contributed by atoms with van der Waals surface area (Å²) >= 11 is 0. The van der Waals surface area contributed by atoms with E-state index in [1.54, 1.807) is 0 Å². The molecule has 1 aromatic rings. The van der Waals surface area contributed by atoms with Crippen LogP contribution in [0.3, 0.4) is 0 Å². The number of hydrogen-bond donors (Lipinski definition) is 1. The Kier molecular flexibility index (Phi) is 5.02. The van der Waals surface area contributed by atoms with Gasteiger partial charge in [0.25, 0.3) is 0 Å². The zero-order valence-electron chi connectivity index (χ0n) is 15.1. The highest BCUT2D eigenvalue weighted by Gasteiger charge is 2.36. The maximum absolute atomic E-state index is 12.4. The van der Waals surface area contributed by atoms with Gasteiger partial charge in [0.2, 0.25) is 5.91 Å². The van der Waals surface area contributed by atoms with Gasteiger partial charge in [0.15, 0.2) is 0 Å². The molecule has 0 spiro atoms. The van der Waals surface area contributed by atoms with E-state index in [4.69, 9.17) is 4.42 Å². The van der Waals surface area contributed by atoms with Crippen LogP contribution in [0.25, 0.3) is 0 Å². The molecule has 24 heavy (non-hydrogen) atoms. The topological polar surface area (TPSA) is 56.9 Å². The SMILES string of the molecule is CC1CC1c1ccc(CCC(=O)N2CCN(CC(C)(C)O)CC2)o1. The monoisotopic (exact) mass is 334 g/mol. The molecule has 1 N–H and O–H groups in total. The van der Waals surface area contributed by atoms with E-state index in [0.717, 1.165) is 43.6 Å². The van der Waals surface area contributed by atoms with Gasteiger partial charge in [-0.2, -0.15) is 0 Å². The van der Waals surface area contributed by atoms with E-state index in [-0.39, 0.29) is 5.91 Å². The Morgan fingerprint density at radius 1 is 1.29 bits per heavy atom. The van der Waals surface area contributed by atoms with Crippen LogP contribution >= 0.6 is 0 Å². The number of amides is 1. The molecule has 1 saturated carbocycles. The molecule has 3 rings (SSSR count). The molecule has 5 nitrogen and oxygen atoms in total. The second kappa shape index (κ2) is 6.89. The van der Waals surface area contributed by atoms with E-state index in [2.05, 4.69) is 17.9 Å². The lowest BCUT2D eigenvalue weighted by molar-refractivity contribution is -0.133. The summed E-state index contributed by atoms with van der Waals surface area (Å²) in [6.45, 7) is 9.71. The number of carbonyl (C=O) groups excluding carboxylic acids is 1. The Bertz CT molecular complexity index is 567. The molecule has 0 radical (unpaired) electrons. The Morgan fingerprint density at radius 2 is 1.96 bits per heavy atom. The van der Waals surface area contributed by atoms with Crippen molar-refractivity contribution < 1.29 is 14.3 Å². The molecule has 2 fully saturated rings. The van der Waals surface area contributed by atoms with Gasteiger partial charge in [-0.25, -0.2) is 0 Å². The highest BCUT2D eigenvalue weighted by molar-refractivity contribution is 5.76.